The van der Waals surface area contributed by atoms with Crippen molar-refractivity contribution in [3.05, 3.63) is 58.1 Å². The van der Waals surface area contributed by atoms with Gasteiger partial charge in [0.25, 0.3) is 0 Å². The van der Waals surface area contributed by atoms with Gasteiger partial charge in [0.15, 0.2) is 11.5 Å². The van der Waals surface area contributed by atoms with Gasteiger partial charge in [-0.2, -0.15) is 0 Å². The summed E-state index contributed by atoms with van der Waals surface area (Å²) in [7, 11) is 3.41. The lowest BCUT2D eigenvalue weighted by atomic mass is 9.72. The average Bonchev–Trinajstić information content (AvgIpc) is 2.59. The highest BCUT2D eigenvalue weighted by atomic mass is 35.5. The van der Waals surface area contributed by atoms with Crippen LogP contribution in [0, 0.1) is 6.92 Å². The Hall–Kier alpha value is -1.71. The molecule has 24 heavy (non-hydrogen) atoms. The summed E-state index contributed by atoms with van der Waals surface area (Å²) in [5.74, 6) is 2.06. The summed E-state index contributed by atoms with van der Waals surface area (Å²) < 4.78 is 11.0. The molecule has 2 aromatic carbocycles. The van der Waals surface area contributed by atoms with Crippen LogP contribution in [-0.4, -0.2) is 20.3 Å². The molecule has 1 aliphatic heterocycles. The number of hydrogen-bond donors (Lipinski definition) is 1. The molecular weight excluding hydrogens is 322 g/mol. The van der Waals surface area contributed by atoms with Crippen LogP contribution in [0.3, 0.4) is 0 Å². The number of methoxy groups -OCH3 is 2. The van der Waals surface area contributed by atoms with Crippen molar-refractivity contribution in [3.8, 4) is 11.5 Å². The molecule has 4 rings (SSSR count). The van der Waals surface area contributed by atoms with Gasteiger partial charge < -0.3 is 14.8 Å². The van der Waals surface area contributed by atoms with Crippen LogP contribution in [0.1, 0.15) is 40.2 Å². The van der Waals surface area contributed by atoms with Crippen LogP contribution in [0.5, 0.6) is 11.5 Å². The lowest BCUT2D eigenvalue weighted by Crippen LogP contribution is -2.42. The summed E-state index contributed by atoms with van der Waals surface area (Å²) in [4.78, 5) is 0. The van der Waals surface area contributed by atoms with Crippen LogP contribution < -0.4 is 14.8 Å². The highest BCUT2D eigenvalue weighted by Crippen LogP contribution is 2.44. The predicted molar refractivity (Wildman–Crippen MR) is 98.8 cm³/mol. The van der Waals surface area contributed by atoms with Gasteiger partial charge in [0.05, 0.1) is 14.2 Å². The van der Waals surface area contributed by atoms with Gasteiger partial charge in [0, 0.05) is 18.5 Å². The van der Waals surface area contributed by atoms with Crippen LogP contribution in [0.15, 0.2) is 30.3 Å². The minimum atomic E-state index is 0. The van der Waals surface area contributed by atoms with Crippen molar-refractivity contribution in [1.29, 1.82) is 0 Å². The van der Waals surface area contributed by atoms with Crippen molar-refractivity contribution in [1.82, 2.24) is 5.32 Å². The molecule has 0 aromatic heterocycles. The molecular formula is C20H24ClNO2. The predicted octanol–water partition coefficient (Wildman–Crippen LogP) is 3.98. The minimum Gasteiger partial charge on any atom is -0.493 e. The maximum absolute atomic E-state index is 5.54. The van der Waals surface area contributed by atoms with E-state index in [4.69, 9.17) is 9.47 Å². The van der Waals surface area contributed by atoms with Crippen LogP contribution >= 0.6 is 12.4 Å². The fourth-order valence-corrected chi connectivity index (χ4v) is 4.17. The zero-order valence-electron chi connectivity index (χ0n) is 14.4. The Morgan fingerprint density at radius 3 is 2.46 bits per heavy atom. The molecule has 2 aliphatic rings. The van der Waals surface area contributed by atoms with Gasteiger partial charge in [-0.3, -0.25) is 0 Å². The number of benzene rings is 2. The van der Waals surface area contributed by atoms with E-state index in [2.05, 4.69) is 42.6 Å². The molecule has 1 N–H and O–H groups in total. The monoisotopic (exact) mass is 345 g/mol. The van der Waals surface area contributed by atoms with E-state index < -0.39 is 0 Å². The second-order valence-electron chi connectivity index (χ2n) is 6.61. The van der Waals surface area contributed by atoms with Crippen LogP contribution in [0.2, 0.25) is 0 Å². The number of hydrogen-bond acceptors (Lipinski definition) is 3. The molecule has 128 valence electrons. The first-order valence-corrected chi connectivity index (χ1v) is 8.29. The third kappa shape index (κ3) is 2.66. The van der Waals surface area contributed by atoms with E-state index in [0.29, 0.717) is 12.0 Å². The Bertz CT molecular complexity index is 760. The molecule has 2 unspecified atom stereocenters. The van der Waals surface area contributed by atoms with Gasteiger partial charge >= 0.3 is 0 Å². The molecule has 2 atom stereocenters. The molecule has 0 amide bonds. The maximum atomic E-state index is 5.54. The molecule has 0 saturated heterocycles. The Morgan fingerprint density at radius 2 is 1.71 bits per heavy atom. The van der Waals surface area contributed by atoms with Gasteiger partial charge in [0.1, 0.15) is 0 Å². The van der Waals surface area contributed by atoms with E-state index in [0.717, 1.165) is 24.5 Å². The van der Waals surface area contributed by atoms with Crippen molar-refractivity contribution in [2.75, 3.05) is 14.2 Å². The van der Waals surface area contributed by atoms with E-state index in [-0.39, 0.29) is 12.4 Å². The lowest BCUT2D eigenvalue weighted by Gasteiger charge is -2.40. The third-order valence-electron chi connectivity index (χ3n) is 5.30. The molecule has 0 fully saturated rings. The molecule has 0 radical (unpaired) electrons. The second-order valence-corrected chi connectivity index (χ2v) is 6.61. The van der Waals surface area contributed by atoms with Gasteiger partial charge in [-0.05, 0) is 54.2 Å². The molecule has 0 spiro atoms. The maximum Gasteiger partial charge on any atom is 0.161 e. The summed E-state index contributed by atoms with van der Waals surface area (Å²) >= 11 is 0. The van der Waals surface area contributed by atoms with Crippen LogP contribution in [0.25, 0.3) is 0 Å². The fourth-order valence-electron chi connectivity index (χ4n) is 4.17. The standard InChI is InChI=1S/C20H23NO2.ClH/c1-12-4-6-15-14(8-12)11-21-17-7-5-13-9-18(22-2)19(23-3)10-16(13)20(15)17;/h4,6,8-10,17,20-21H,5,7,11H2,1-3H3;1H. The topological polar surface area (TPSA) is 30.5 Å². The van der Waals surface area contributed by atoms with Crippen molar-refractivity contribution in [3.63, 3.8) is 0 Å². The summed E-state index contributed by atoms with van der Waals surface area (Å²) in [5, 5.41) is 3.74. The highest BCUT2D eigenvalue weighted by molar-refractivity contribution is 5.85. The van der Waals surface area contributed by atoms with Crippen molar-refractivity contribution in [2.24, 2.45) is 0 Å². The molecule has 0 bridgehead atoms. The summed E-state index contributed by atoms with van der Waals surface area (Å²) in [6.45, 7) is 3.13. The Labute approximate surface area is 149 Å². The quantitative estimate of drug-likeness (QED) is 0.893. The van der Waals surface area contributed by atoms with Crippen molar-refractivity contribution in [2.45, 2.75) is 38.3 Å². The van der Waals surface area contributed by atoms with Gasteiger partial charge in [0.2, 0.25) is 0 Å². The van der Waals surface area contributed by atoms with Crippen molar-refractivity contribution >= 4 is 12.4 Å². The highest BCUT2D eigenvalue weighted by Gasteiger charge is 2.35. The number of ether oxygens (including phenoxy) is 2. The molecule has 0 saturated carbocycles. The average molecular weight is 346 g/mol. The molecule has 1 heterocycles. The fraction of sp³-hybridized carbons (Fsp3) is 0.400. The van der Waals surface area contributed by atoms with E-state index >= 15 is 0 Å². The third-order valence-corrected chi connectivity index (χ3v) is 5.30. The normalized spacial score (nSPS) is 21.0. The SMILES string of the molecule is COc1cc2c(cc1OC)C1c3ccc(C)cc3CNC1CC2.Cl. The number of rotatable bonds is 2. The van der Waals surface area contributed by atoms with E-state index in [1.807, 2.05) is 0 Å². The van der Waals surface area contributed by atoms with E-state index in [1.165, 1.54) is 34.2 Å². The molecule has 4 heteroatoms. The van der Waals surface area contributed by atoms with Crippen LogP contribution in [-0.2, 0) is 13.0 Å². The summed E-state index contributed by atoms with van der Waals surface area (Å²) in [5.41, 5.74) is 6.99. The van der Waals surface area contributed by atoms with E-state index in [9.17, 15) is 0 Å². The first-order chi connectivity index (χ1) is 11.2. The van der Waals surface area contributed by atoms with Gasteiger partial charge in [-0.1, -0.05) is 23.8 Å². The zero-order valence-corrected chi connectivity index (χ0v) is 15.2. The molecule has 2 aromatic rings. The largest absolute Gasteiger partial charge is 0.493 e. The van der Waals surface area contributed by atoms with Crippen molar-refractivity contribution < 1.29 is 9.47 Å². The van der Waals surface area contributed by atoms with Gasteiger partial charge in [-0.25, -0.2) is 0 Å². The minimum absolute atomic E-state index is 0. The number of fused-ring (bicyclic) bond motifs is 5. The Balaban J connectivity index is 0.00000169. The number of nitrogens with one attached hydrogen (secondary N) is 1. The van der Waals surface area contributed by atoms with Gasteiger partial charge in [-0.15, -0.1) is 12.4 Å². The number of aryl methyl sites for hydroxylation is 2. The summed E-state index contributed by atoms with van der Waals surface area (Å²) in [6, 6.07) is 11.7. The zero-order chi connectivity index (χ0) is 16.0. The Kier molecular flexibility index (Phi) is 4.75. The second kappa shape index (κ2) is 6.66. The smallest absolute Gasteiger partial charge is 0.161 e. The lowest BCUT2D eigenvalue weighted by molar-refractivity contribution is 0.349. The number of halogens is 1. The van der Waals surface area contributed by atoms with E-state index in [1.54, 1.807) is 14.2 Å². The Morgan fingerprint density at radius 1 is 0.958 bits per heavy atom. The first kappa shape index (κ1) is 17.1. The van der Waals surface area contributed by atoms with Crippen LogP contribution in [0.4, 0.5) is 0 Å². The molecule has 3 nitrogen and oxygen atoms in total. The summed E-state index contributed by atoms with van der Waals surface area (Å²) in [6.07, 6.45) is 2.26. The molecule has 1 aliphatic carbocycles. The first-order valence-electron chi connectivity index (χ1n) is 8.29.